The first-order chi connectivity index (χ1) is 9.64. The van der Waals surface area contributed by atoms with Crippen molar-refractivity contribution in [3.63, 3.8) is 0 Å². The predicted octanol–water partition coefficient (Wildman–Crippen LogP) is 4.07. The SMILES string of the molecule is CCOC(=O)c1cc2c(nc1C(C)(C)C)CCC(C)(C)C2. The van der Waals surface area contributed by atoms with E-state index >= 15 is 0 Å². The molecule has 0 fully saturated rings. The van der Waals surface area contributed by atoms with Crippen LogP contribution in [-0.2, 0) is 23.0 Å². The summed E-state index contributed by atoms with van der Waals surface area (Å²) in [4.78, 5) is 17.1. The van der Waals surface area contributed by atoms with Gasteiger partial charge in [-0.1, -0.05) is 34.6 Å². The fraction of sp³-hybridized carbons (Fsp3) is 0.667. The summed E-state index contributed by atoms with van der Waals surface area (Å²) in [7, 11) is 0. The van der Waals surface area contributed by atoms with E-state index in [1.807, 2.05) is 13.0 Å². The first-order valence-corrected chi connectivity index (χ1v) is 7.84. The monoisotopic (exact) mass is 289 g/mol. The van der Waals surface area contributed by atoms with Crippen molar-refractivity contribution in [2.75, 3.05) is 6.61 Å². The molecule has 0 aromatic carbocycles. The number of aromatic nitrogens is 1. The van der Waals surface area contributed by atoms with Crippen LogP contribution < -0.4 is 0 Å². The largest absolute Gasteiger partial charge is 0.462 e. The van der Waals surface area contributed by atoms with Crippen molar-refractivity contribution in [2.45, 2.75) is 66.2 Å². The lowest BCUT2D eigenvalue weighted by molar-refractivity contribution is 0.0522. The lowest BCUT2D eigenvalue weighted by Crippen LogP contribution is -2.27. The number of nitrogens with zero attached hydrogens (tertiary/aromatic N) is 1. The summed E-state index contributed by atoms with van der Waals surface area (Å²) in [6, 6.07) is 2.03. The zero-order valence-corrected chi connectivity index (χ0v) is 14.2. The van der Waals surface area contributed by atoms with E-state index in [4.69, 9.17) is 9.72 Å². The zero-order chi connectivity index (χ0) is 15.8. The van der Waals surface area contributed by atoms with Gasteiger partial charge in [0.25, 0.3) is 0 Å². The summed E-state index contributed by atoms with van der Waals surface area (Å²) in [5.41, 5.74) is 3.99. The fourth-order valence-electron chi connectivity index (χ4n) is 2.96. The van der Waals surface area contributed by atoms with E-state index in [1.54, 1.807) is 0 Å². The van der Waals surface area contributed by atoms with Crippen molar-refractivity contribution in [1.29, 1.82) is 0 Å². The third-order valence-corrected chi connectivity index (χ3v) is 4.10. The highest BCUT2D eigenvalue weighted by atomic mass is 16.5. The van der Waals surface area contributed by atoms with Gasteiger partial charge in [-0.2, -0.15) is 0 Å². The number of rotatable bonds is 2. The lowest BCUT2D eigenvalue weighted by Gasteiger charge is -2.32. The summed E-state index contributed by atoms with van der Waals surface area (Å²) in [5, 5.41) is 0. The van der Waals surface area contributed by atoms with Crippen molar-refractivity contribution in [2.24, 2.45) is 5.41 Å². The van der Waals surface area contributed by atoms with Crippen molar-refractivity contribution in [1.82, 2.24) is 4.98 Å². The Bertz CT molecular complexity index is 553. The third kappa shape index (κ3) is 3.45. The minimum absolute atomic E-state index is 0.163. The molecule has 1 heterocycles. The Hall–Kier alpha value is -1.38. The number of carbonyl (C=O) groups excluding carboxylic acids is 1. The standard InChI is InChI=1S/C18H27NO2/c1-7-21-16(20)13-10-12-11-18(5,6)9-8-14(12)19-15(13)17(2,3)4/h10H,7-9,11H2,1-6H3. The molecule has 3 heteroatoms. The van der Waals surface area contributed by atoms with Gasteiger partial charge in [-0.25, -0.2) is 4.79 Å². The van der Waals surface area contributed by atoms with E-state index in [9.17, 15) is 4.79 Å². The molecule has 1 aliphatic carbocycles. The van der Waals surface area contributed by atoms with E-state index in [0.29, 0.717) is 12.2 Å². The van der Waals surface area contributed by atoms with Gasteiger partial charge in [-0.3, -0.25) is 4.98 Å². The Labute approximate surface area is 128 Å². The number of ether oxygens (including phenoxy) is 1. The Balaban J connectivity index is 2.54. The van der Waals surface area contributed by atoms with E-state index in [1.165, 1.54) is 5.56 Å². The van der Waals surface area contributed by atoms with Gasteiger partial charge >= 0.3 is 5.97 Å². The number of hydrogen-bond acceptors (Lipinski definition) is 3. The summed E-state index contributed by atoms with van der Waals surface area (Å²) in [6.07, 6.45) is 3.12. The lowest BCUT2D eigenvalue weighted by atomic mass is 9.75. The van der Waals surface area contributed by atoms with Crippen LogP contribution in [0.15, 0.2) is 6.07 Å². The first-order valence-electron chi connectivity index (χ1n) is 7.84. The Morgan fingerprint density at radius 3 is 2.62 bits per heavy atom. The topological polar surface area (TPSA) is 39.2 Å². The highest BCUT2D eigenvalue weighted by Crippen LogP contribution is 2.36. The van der Waals surface area contributed by atoms with Crippen LogP contribution in [0, 0.1) is 5.41 Å². The van der Waals surface area contributed by atoms with Gasteiger partial charge in [0.15, 0.2) is 0 Å². The molecule has 1 aromatic rings. The molecular weight excluding hydrogens is 262 g/mol. The van der Waals surface area contributed by atoms with Crippen LogP contribution in [0.3, 0.4) is 0 Å². The van der Waals surface area contributed by atoms with E-state index in [-0.39, 0.29) is 16.8 Å². The number of hydrogen-bond donors (Lipinski definition) is 0. The number of pyridine rings is 1. The normalized spacial score (nSPS) is 17.2. The van der Waals surface area contributed by atoms with Crippen LogP contribution >= 0.6 is 0 Å². The van der Waals surface area contributed by atoms with Crippen molar-refractivity contribution < 1.29 is 9.53 Å². The van der Waals surface area contributed by atoms with Crippen LogP contribution in [0.2, 0.25) is 0 Å². The molecule has 116 valence electrons. The minimum atomic E-state index is -0.249. The summed E-state index contributed by atoms with van der Waals surface area (Å²) < 4.78 is 5.23. The highest BCUT2D eigenvalue weighted by Gasteiger charge is 2.31. The molecule has 0 N–H and O–H groups in total. The molecule has 2 rings (SSSR count). The summed E-state index contributed by atoms with van der Waals surface area (Å²) in [6.45, 7) is 13.1. The predicted molar refractivity (Wildman–Crippen MR) is 84.7 cm³/mol. The molecule has 0 amide bonds. The number of carbonyl (C=O) groups is 1. The second-order valence-electron chi connectivity index (χ2n) is 7.80. The van der Waals surface area contributed by atoms with Gasteiger partial charge in [-0.05, 0) is 43.2 Å². The molecule has 0 bridgehead atoms. The molecule has 0 atom stereocenters. The van der Waals surface area contributed by atoms with Gasteiger partial charge in [0.2, 0.25) is 0 Å². The molecule has 0 saturated heterocycles. The van der Waals surface area contributed by atoms with Crippen LogP contribution in [0.4, 0.5) is 0 Å². The molecule has 0 unspecified atom stereocenters. The van der Waals surface area contributed by atoms with Crippen LogP contribution in [-0.4, -0.2) is 17.6 Å². The molecule has 21 heavy (non-hydrogen) atoms. The smallest absolute Gasteiger partial charge is 0.340 e. The van der Waals surface area contributed by atoms with Crippen molar-refractivity contribution in [3.8, 4) is 0 Å². The molecule has 1 aliphatic rings. The first kappa shape index (κ1) is 16.0. The maximum Gasteiger partial charge on any atom is 0.340 e. The third-order valence-electron chi connectivity index (χ3n) is 4.10. The maximum atomic E-state index is 12.3. The van der Waals surface area contributed by atoms with Gasteiger partial charge in [0, 0.05) is 11.1 Å². The quantitative estimate of drug-likeness (QED) is 0.770. The molecule has 3 nitrogen and oxygen atoms in total. The Morgan fingerprint density at radius 1 is 1.38 bits per heavy atom. The van der Waals surface area contributed by atoms with Gasteiger partial charge in [0.1, 0.15) is 0 Å². The van der Waals surface area contributed by atoms with E-state index < -0.39 is 0 Å². The van der Waals surface area contributed by atoms with E-state index in [2.05, 4.69) is 34.6 Å². The fourth-order valence-corrected chi connectivity index (χ4v) is 2.96. The average molecular weight is 289 g/mol. The number of fused-ring (bicyclic) bond motifs is 1. The van der Waals surface area contributed by atoms with Crippen LogP contribution in [0.25, 0.3) is 0 Å². The second-order valence-corrected chi connectivity index (χ2v) is 7.80. The van der Waals surface area contributed by atoms with Gasteiger partial charge in [0.05, 0.1) is 17.9 Å². The molecule has 0 aliphatic heterocycles. The zero-order valence-electron chi connectivity index (χ0n) is 14.2. The minimum Gasteiger partial charge on any atom is -0.462 e. The summed E-state index contributed by atoms with van der Waals surface area (Å²) >= 11 is 0. The molecule has 0 radical (unpaired) electrons. The average Bonchev–Trinajstić information content (AvgIpc) is 2.35. The van der Waals surface area contributed by atoms with Crippen molar-refractivity contribution >= 4 is 5.97 Å². The Kier molecular flexibility index (Phi) is 4.14. The molecule has 1 aromatic heterocycles. The molecule has 0 spiro atoms. The van der Waals surface area contributed by atoms with Crippen LogP contribution in [0.1, 0.15) is 75.3 Å². The molecule has 0 saturated carbocycles. The van der Waals surface area contributed by atoms with Gasteiger partial charge < -0.3 is 4.74 Å². The molecular formula is C18H27NO2. The van der Waals surface area contributed by atoms with Crippen molar-refractivity contribution in [3.05, 3.63) is 28.6 Å². The van der Waals surface area contributed by atoms with E-state index in [0.717, 1.165) is 30.7 Å². The number of aryl methyl sites for hydroxylation is 1. The maximum absolute atomic E-state index is 12.3. The highest BCUT2D eigenvalue weighted by molar-refractivity contribution is 5.91. The number of esters is 1. The van der Waals surface area contributed by atoms with Crippen LogP contribution in [0.5, 0.6) is 0 Å². The Morgan fingerprint density at radius 2 is 2.05 bits per heavy atom. The summed E-state index contributed by atoms with van der Waals surface area (Å²) in [5.74, 6) is -0.249. The van der Waals surface area contributed by atoms with Gasteiger partial charge in [-0.15, -0.1) is 0 Å². The second kappa shape index (κ2) is 5.43.